The van der Waals surface area contributed by atoms with E-state index in [2.05, 4.69) is 10.6 Å². The molecule has 0 bridgehead atoms. The topological polar surface area (TPSA) is 41.1 Å². The number of halogens is 2. The quantitative estimate of drug-likeness (QED) is 0.846. The summed E-state index contributed by atoms with van der Waals surface area (Å²) in [5.41, 5.74) is 1.04. The van der Waals surface area contributed by atoms with Gasteiger partial charge in [0.15, 0.2) is 0 Å². The van der Waals surface area contributed by atoms with Crippen LogP contribution in [0, 0.1) is 0 Å². The average molecular weight is 247 g/mol. The fourth-order valence-corrected chi connectivity index (χ4v) is 1.42. The number of hydrogen-bond donors (Lipinski definition) is 2. The molecule has 0 saturated carbocycles. The Labute approximate surface area is 98.8 Å². The third kappa shape index (κ3) is 3.98. The highest BCUT2D eigenvalue weighted by atomic mass is 35.5. The molecule has 2 N–H and O–H groups in total. The Hall–Kier alpha value is -0.930. The molecule has 0 aliphatic heterocycles. The Morgan fingerprint density at radius 3 is 2.67 bits per heavy atom. The van der Waals surface area contributed by atoms with Gasteiger partial charge in [0, 0.05) is 13.6 Å². The molecule has 3 nitrogen and oxygen atoms in total. The molecular weight excluding hydrogens is 235 g/mol. The number of carbonyl (C=O) groups excluding carboxylic acids is 1. The predicted octanol–water partition coefficient (Wildman–Crippen LogP) is 2.46. The molecule has 0 radical (unpaired) electrons. The summed E-state index contributed by atoms with van der Waals surface area (Å²) in [4.78, 5) is 10.9. The zero-order chi connectivity index (χ0) is 11.3. The number of urea groups is 1. The first kappa shape index (κ1) is 12.1. The van der Waals surface area contributed by atoms with Crippen LogP contribution in [-0.4, -0.2) is 19.6 Å². The van der Waals surface area contributed by atoms with Gasteiger partial charge in [-0.3, -0.25) is 0 Å². The van der Waals surface area contributed by atoms with Crippen LogP contribution in [0.1, 0.15) is 5.56 Å². The van der Waals surface area contributed by atoms with Gasteiger partial charge in [0.25, 0.3) is 0 Å². The third-order valence-electron chi connectivity index (χ3n) is 1.91. The Bertz CT molecular complexity index is 355. The number of hydrogen-bond acceptors (Lipinski definition) is 1. The lowest BCUT2D eigenvalue weighted by Crippen LogP contribution is -2.33. The van der Waals surface area contributed by atoms with Gasteiger partial charge in [-0.25, -0.2) is 4.79 Å². The summed E-state index contributed by atoms with van der Waals surface area (Å²) < 4.78 is 0. The molecule has 1 rings (SSSR count). The van der Waals surface area contributed by atoms with Crippen LogP contribution in [0.3, 0.4) is 0 Å². The molecular formula is C10H12Cl2N2O. The first-order chi connectivity index (χ1) is 7.13. The fraction of sp³-hybridized carbons (Fsp3) is 0.300. The van der Waals surface area contributed by atoms with Crippen LogP contribution >= 0.6 is 23.2 Å². The standard InChI is InChI=1S/C10H12Cl2N2O/c1-13-10(15)14-5-4-7-2-3-8(11)9(12)6-7/h2-3,6H,4-5H2,1H3,(H2,13,14,15). The summed E-state index contributed by atoms with van der Waals surface area (Å²) in [5, 5.41) is 6.24. The van der Waals surface area contributed by atoms with Crippen LogP contribution in [0.4, 0.5) is 4.79 Å². The molecule has 0 atom stereocenters. The molecule has 82 valence electrons. The molecule has 1 aromatic rings. The monoisotopic (exact) mass is 246 g/mol. The van der Waals surface area contributed by atoms with Crippen molar-refractivity contribution in [2.75, 3.05) is 13.6 Å². The molecule has 0 aromatic heterocycles. The normalized spacial score (nSPS) is 9.80. The molecule has 2 amide bonds. The lowest BCUT2D eigenvalue weighted by Gasteiger charge is -2.05. The zero-order valence-corrected chi connectivity index (χ0v) is 9.82. The maximum Gasteiger partial charge on any atom is 0.314 e. The van der Waals surface area contributed by atoms with Gasteiger partial charge in [0.2, 0.25) is 0 Å². The van der Waals surface area contributed by atoms with Gasteiger partial charge in [-0.1, -0.05) is 29.3 Å². The van der Waals surface area contributed by atoms with Crippen molar-refractivity contribution in [3.05, 3.63) is 33.8 Å². The van der Waals surface area contributed by atoms with E-state index in [1.54, 1.807) is 19.2 Å². The van der Waals surface area contributed by atoms with Crippen LogP contribution < -0.4 is 10.6 Å². The van der Waals surface area contributed by atoms with Crippen LogP contribution in [-0.2, 0) is 6.42 Å². The second-order valence-corrected chi connectivity index (χ2v) is 3.82. The number of nitrogens with one attached hydrogen (secondary N) is 2. The molecule has 5 heteroatoms. The Morgan fingerprint density at radius 2 is 2.07 bits per heavy atom. The van der Waals surface area contributed by atoms with E-state index in [1.807, 2.05) is 6.07 Å². The van der Waals surface area contributed by atoms with Gasteiger partial charge in [0.1, 0.15) is 0 Å². The van der Waals surface area contributed by atoms with Gasteiger partial charge in [-0.15, -0.1) is 0 Å². The first-order valence-electron chi connectivity index (χ1n) is 4.53. The van der Waals surface area contributed by atoms with E-state index < -0.39 is 0 Å². The fourth-order valence-electron chi connectivity index (χ4n) is 1.10. The Kier molecular flexibility index (Phi) is 4.72. The molecule has 0 unspecified atom stereocenters. The van der Waals surface area contributed by atoms with Gasteiger partial charge >= 0.3 is 6.03 Å². The maximum atomic E-state index is 10.9. The highest BCUT2D eigenvalue weighted by Crippen LogP contribution is 2.22. The van der Waals surface area contributed by atoms with Crippen molar-refractivity contribution in [2.45, 2.75) is 6.42 Å². The van der Waals surface area contributed by atoms with Gasteiger partial charge in [-0.05, 0) is 24.1 Å². The van der Waals surface area contributed by atoms with Crippen molar-refractivity contribution >= 4 is 29.2 Å². The Balaban J connectivity index is 2.44. The van der Waals surface area contributed by atoms with Crippen molar-refractivity contribution in [1.29, 1.82) is 0 Å². The van der Waals surface area contributed by atoms with E-state index in [0.29, 0.717) is 16.6 Å². The largest absolute Gasteiger partial charge is 0.341 e. The van der Waals surface area contributed by atoms with Crippen molar-refractivity contribution in [3.63, 3.8) is 0 Å². The number of benzene rings is 1. The highest BCUT2D eigenvalue weighted by molar-refractivity contribution is 6.42. The molecule has 0 heterocycles. The highest BCUT2D eigenvalue weighted by Gasteiger charge is 2.00. The summed E-state index contributed by atoms with van der Waals surface area (Å²) in [6.07, 6.45) is 0.726. The summed E-state index contributed by atoms with van der Waals surface area (Å²) in [7, 11) is 1.58. The minimum Gasteiger partial charge on any atom is -0.341 e. The molecule has 0 saturated heterocycles. The van der Waals surface area contributed by atoms with E-state index in [0.717, 1.165) is 12.0 Å². The molecule has 1 aromatic carbocycles. The Morgan fingerprint density at radius 1 is 1.33 bits per heavy atom. The number of rotatable bonds is 3. The van der Waals surface area contributed by atoms with E-state index in [9.17, 15) is 4.79 Å². The summed E-state index contributed by atoms with van der Waals surface area (Å²) in [6.45, 7) is 0.567. The van der Waals surface area contributed by atoms with Crippen LogP contribution in [0.2, 0.25) is 10.0 Å². The van der Waals surface area contributed by atoms with E-state index in [1.165, 1.54) is 0 Å². The van der Waals surface area contributed by atoms with E-state index in [-0.39, 0.29) is 6.03 Å². The van der Waals surface area contributed by atoms with Crippen LogP contribution in [0.5, 0.6) is 0 Å². The van der Waals surface area contributed by atoms with Crippen molar-refractivity contribution in [2.24, 2.45) is 0 Å². The van der Waals surface area contributed by atoms with E-state index in [4.69, 9.17) is 23.2 Å². The zero-order valence-electron chi connectivity index (χ0n) is 8.31. The SMILES string of the molecule is CNC(=O)NCCc1ccc(Cl)c(Cl)c1. The average Bonchev–Trinajstić information content (AvgIpc) is 2.23. The minimum atomic E-state index is -0.185. The lowest BCUT2D eigenvalue weighted by atomic mass is 10.1. The van der Waals surface area contributed by atoms with E-state index >= 15 is 0 Å². The van der Waals surface area contributed by atoms with Crippen molar-refractivity contribution in [3.8, 4) is 0 Å². The predicted molar refractivity (Wildman–Crippen MR) is 62.6 cm³/mol. The first-order valence-corrected chi connectivity index (χ1v) is 5.28. The number of carbonyl (C=O) groups is 1. The molecule has 0 spiro atoms. The van der Waals surface area contributed by atoms with Gasteiger partial charge in [-0.2, -0.15) is 0 Å². The molecule has 0 aliphatic rings. The lowest BCUT2D eigenvalue weighted by molar-refractivity contribution is 0.243. The molecule has 0 aliphatic carbocycles. The van der Waals surface area contributed by atoms with Gasteiger partial charge < -0.3 is 10.6 Å². The second kappa shape index (κ2) is 5.83. The van der Waals surface area contributed by atoms with Gasteiger partial charge in [0.05, 0.1) is 10.0 Å². The van der Waals surface area contributed by atoms with Crippen LogP contribution in [0.15, 0.2) is 18.2 Å². The smallest absolute Gasteiger partial charge is 0.314 e. The molecule has 0 fully saturated rings. The summed E-state index contributed by atoms with van der Waals surface area (Å²) >= 11 is 11.6. The summed E-state index contributed by atoms with van der Waals surface area (Å²) in [5.74, 6) is 0. The number of amides is 2. The third-order valence-corrected chi connectivity index (χ3v) is 2.65. The van der Waals surface area contributed by atoms with Crippen LogP contribution in [0.25, 0.3) is 0 Å². The van der Waals surface area contributed by atoms with Crippen molar-refractivity contribution in [1.82, 2.24) is 10.6 Å². The second-order valence-electron chi connectivity index (χ2n) is 3.00. The summed E-state index contributed by atoms with van der Waals surface area (Å²) in [6, 6.07) is 5.25. The minimum absolute atomic E-state index is 0.185. The molecule has 15 heavy (non-hydrogen) atoms. The van der Waals surface area contributed by atoms with Crippen molar-refractivity contribution < 1.29 is 4.79 Å². The maximum absolute atomic E-state index is 10.9.